The minimum absolute atomic E-state index is 0.396. The van der Waals surface area contributed by atoms with E-state index in [2.05, 4.69) is 68.2 Å². The topological polar surface area (TPSA) is 15.3 Å². The van der Waals surface area contributed by atoms with Gasteiger partial charge in [0.1, 0.15) is 0 Å². The van der Waals surface area contributed by atoms with Gasteiger partial charge in [0, 0.05) is 12.6 Å². The SMILES string of the molecule is CCCC1CCNC2C1CC(CC(C)(C)C)N2Cc1ccccc1. The Kier molecular flexibility index (Phi) is 5.66. The fourth-order valence-electron chi connectivity index (χ4n) is 5.06. The predicted molar refractivity (Wildman–Crippen MR) is 103 cm³/mol. The van der Waals surface area contributed by atoms with Crippen LogP contribution in [-0.4, -0.2) is 23.7 Å². The standard InChI is InChI=1S/C22H36N2/c1-5-9-18-12-13-23-21-20(18)14-19(15-22(2,3)4)24(21)16-17-10-7-6-8-11-17/h6-8,10-11,18-21,23H,5,9,12-16H2,1-4H3. The van der Waals surface area contributed by atoms with Crippen LogP contribution in [0, 0.1) is 17.3 Å². The number of fused-ring (bicyclic) bond motifs is 1. The summed E-state index contributed by atoms with van der Waals surface area (Å²) in [5.41, 5.74) is 1.85. The summed E-state index contributed by atoms with van der Waals surface area (Å²) in [6, 6.07) is 11.8. The molecule has 3 rings (SSSR count). The van der Waals surface area contributed by atoms with Crippen LogP contribution in [0.3, 0.4) is 0 Å². The lowest BCUT2D eigenvalue weighted by atomic mass is 9.79. The monoisotopic (exact) mass is 328 g/mol. The van der Waals surface area contributed by atoms with Gasteiger partial charge in [0.15, 0.2) is 0 Å². The van der Waals surface area contributed by atoms with E-state index >= 15 is 0 Å². The molecule has 0 aromatic heterocycles. The van der Waals surface area contributed by atoms with Crippen molar-refractivity contribution in [3.8, 4) is 0 Å². The van der Waals surface area contributed by atoms with Gasteiger partial charge in [-0.25, -0.2) is 0 Å². The Morgan fingerprint density at radius 3 is 2.58 bits per heavy atom. The highest BCUT2D eigenvalue weighted by atomic mass is 15.3. The molecule has 2 aliphatic heterocycles. The first-order valence-electron chi connectivity index (χ1n) is 10.0. The van der Waals surface area contributed by atoms with Crippen LogP contribution in [0.1, 0.15) is 65.4 Å². The van der Waals surface area contributed by atoms with Gasteiger partial charge >= 0.3 is 0 Å². The van der Waals surface area contributed by atoms with Crippen molar-refractivity contribution in [1.82, 2.24) is 10.2 Å². The van der Waals surface area contributed by atoms with Crippen molar-refractivity contribution in [2.45, 2.75) is 78.6 Å². The first-order chi connectivity index (χ1) is 11.5. The van der Waals surface area contributed by atoms with Gasteiger partial charge in [-0.05, 0) is 48.6 Å². The Labute approximate surface area is 149 Å². The van der Waals surface area contributed by atoms with E-state index in [1.165, 1.54) is 44.2 Å². The van der Waals surface area contributed by atoms with Gasteiger partial charge in [0.2, 0.25) is 0 Å². The normalized spacial score (nSPS) is 31.2. The average Bonchev–Trinajstić information content (AvgIpc) is 2.86. The third-order valence-electron chi connectivity index (χ3n) is 5.97. The number of benzene rings is 1. The first kappa shape index (κ1) is 17.9. The highest BCUT2D eigenvalue weighted by Crippen LogP contribution is 2.43. The second-order valence-electron chi connectivity index (χ2n) is 9.21. The molecule has 1 N–H and O–H groups in total. The minimum atomic E-state index is 0.396. The molecule has 4 atom stereocenters. The van der Waals surface area contributed by atoms with Gasteiger partial charge in [-0.3, -0.25) is 4.90 Å². The van der Waals surface area contributed by atoms with Crippen LogP contribution >= 0.6 is 0 Å². The maximum Gasteiger partial charge on any atom is 0.0634 e. The Morgan fingerprint density at radius 2 is 1.92 bits per heavy atom. The van der Waals surface area contributed by atoms with Gasteiger partial charge in [0.05, 0.1) is 6.17 Å². The maximum absolute atomic E-state index is 3.88. The van der Waals surface area contributed by atoms with Crippen LogP contribution in [0.4, 0.5) is 0 Å². The largest absolute Gasteiger partial charge is 0.301 e. The zero-order chi connectivity index (χ0) is 17.2. The third-order valence-corrected chi connectivity index (χ3v) is 5.97. The molecular weight excluding hydrogens is 292 g/mol. The molecular formula is C22H36N2. The number of hydrogen-bond acceptors (Lipinski definition) is 2. The van der Waals surface area contributed by atoms with E-state index < -0.39 is 0 Å². The third kappa shape index (κ3) is 4.21. The summed E-state index contributed by atoms with van der Waals surface area (Å²) in [7, 11) is 0. The lowest BCUT2D eigenvalue weighted by Crippen LogP contribution is -2.51. The van der Waals surface area contributed by atoms with Crippen LogP contribution in [0.25, 0.3) is 0 Å². The van der Waals surface area contributed by atoms with Gasteiger partial charge < -0.3 is 5.32 Å². The van der Waals surface area contributed by atoms with E-state index in [0.29, 0.717) is 17.6 Å². The maximum atomic E-state index is 3.88. The molecule has 2 nitrogen and oxygen atoms in total. The van der Waals surface area contributed by atoms with E-state index in [9.17, 15) is 0 Å². The summed E-state index contributed by atoms with van der Waals surface area (Å²) in [4.78, 5) is 2.80. The van der Waals surface area contributed by atoms with Crippen LogP contribution in [-0.2, 0) is 6.54 Å². The molecule has 2 aliphatic rings. The summed E-state index contributed by atoms with van der Waals surface area (Å²) in [5.74, 6) is 1.76. The molecule has 2 saturated heterocycles. The van der Waals surface area contributed by atoms with Gasteiger partial charge in [-0.1, -0.05) is 70.9 Å². The number of hydrogen-bond donors (Lipinski definition) is 1. The van der Waals surface area contributed by atoms with E-state index in [4.69, 9.17) is 0 Å². The fourth-order valence-corrected chi connectivity index (χ4v) is 5.06. The molecule has 4 unspecified atom stereocenters. The summed E-state index contributed by atoms with van der Waals surface area (Å²) >= 11 is 0. The molecule has 0 radical (unpaired) electrons. The minimum Gasteiger partial charge on any atom is -0.301 e. The van der Waals surface area contributed by atoms with Crippen molar-refractivity contribution < 1.29 is 0 Å². The van der Waals surface area contributed by atoms with Gasteiger partial charge in [-0.15, -0.1) is 0 Å². The highest BCUT2D eigenvalue weighted by Gasteiger charge is 2.46. The zero-order valence-corrected chi connectivity index (χ0v) is 16.1. The quantitative estimate of drug-likeness (QED) is 0.814. The van der Waals surface area contributed by atoms with Crippen LogP contribution in [0.15, 0.2) is 30.3 Å². The Balaban J connectivity index is 1.80. The lowest BCUT2D eigenvalue weighted by Gasteiger charge is -2.39. The molecule has 0 amide bonds. The molecule has 0 spiro atoms. The summed E-state index contributed by atoms with van der Waals surface area (Å²) in [6.07, 6.45) is 7.37. The molecule has 0 saturated carbocycles. The summed E-state index contributed by atoms with van der Waals surface area (Å²) in [5, 5.41) is 3.88. The van der Waals surface area contributed by atoms with Crippen molar-refractivity contribution in [3.63, 3.8) is 0 Å². The molecule has 24 heavy (non-hydrogen) atoms. The number of piperidine rings is 1. The molecule has 0 bridgehead atoms. The Bertz CT molecular complexity index is 502. The number of nitrogens with one attached hydrogen (secondary N) is 1. The number of rotatable bonds is 5. The van der Waals surface area contributed by atoms with E-state index in [0.717, 1.165) is 18.4 Å². The van der Waals surface area contributed by atoms with Crippen molar-refractivity contribution in [3.05, 3.63) is 35.9 Å². The zero-order valence-electron chi connectivity index (χ0n) is 16.1. The van der Waals surface area contributed by atoms with Gasteiger partial charge in [-0.2, -0.15) is 0 Å². The smallest absolute Gasteiger partial charge is 0.0634 e. The van der Waals surface area contributed by atoms with Crippen LogP contribution < -0.4 is 5.32 Å². The average molecular weight is 329 g/mol. The Hall–Kier alpha value is -0.860. The van der Waals surface area contributed by atoms with E-state index in [1.807, 2.05) is 0 Å². The molecule has 1 aromatic carbocycles. The van der Waals surface area contributed by atoms with E-state index in [-0.39, 0.29) is 0 Å². The molecule has 134 valence electrons. The van der Waals surface area contributed by atoms with Crippen LogP contribution in [0.2, 0.25) is 0 Å². The summed E-state index contributed by atoms with van der Waals surface area (Å²) < 4.78 is 0. The van der Waals surface area contributed by atoms with Crippen molar-refractivity contribution in [1.29, 1.82) is 0 Å². The second kappa shape index (κ2) is 7.58. The van der Waals surface area contributed by atoms with Crippen molar-refractivity contribution in [2.75, 3.05) is 6.54 Å². The number of nitrogens with zero attached hydrogens (tertiary/aromatic N) is 1. The highest BCUT2D eigenvalue weighted by molar-refractivity contribution is 5.15. The number of likely N-dealkylation sites (tertiary alicyclic amines) is 1. The molecule has 2 heterocycles. The Morgan fingerprint density at radius 1 is 1.17 bits per heavy atom. The molecule has 0 aliphatic carbocycles. The van der Waals surface area contributed by atoms with Gasteiger partial charge in [0.25, 0.3) is 0 Å². The molecule has 1 aromatic rings. The van der Waals surface area contributed by atoms with Crippen molar-refractivity contribution in [2.24, 2.45) is 17.3 Å². The molecule has 2 fully saturated rings. The second-order valence-corrected chi connectivity index (χ2v) is 9.21. The summed E-state index contributed by atoms with van der Waals surface area (Å²) in [6.45, 7) is 11.8. The predicted octanol–water partition coefficient (Wildman–Crippen LogP) is 5.05. The fraction of sp³-hybridized carbons (Fsp3) is 0.727. The first-order valence-corrected chi connectivity index (χ1v) is 10.0. The van der Waals surface area contributed by atoms with Crippen LogP contribution in [0.5, 0.6) is 0 Å². The van der Waals surface area contributed by atoms with E-state index in [1.54, 1.807) is 0 Å². The lowest BCUT2D eigenvalue weighted by molar-refractivity contribution is 0.0833. The molecule has 2 heteroatoms. The van der Waals surface area contributed by atoms with Crippen molar-refractivity contribution >= 4 is 0 Å².